The Morgan fingerprint density at radius 2 is 0.661 bits per heavy atom. The highest BCUT2D eigenvalue weighted by molar-refractivity contribution is 5.44. The Hall–Kier alpha value is -2.68. The van der Waals surface area contributed by atoms with Crippen LogP contribution in [0.5, 0.6) is 23.0 Å². The molecule has 4 saturated heterocycles. The second kappa shape index (κ2) is 29.0. The average Bonchev–Trinajstić information content (AvgIpc) is 3.31. The van der Waals surface area contributed by atoms with E-state index in [0.29, 0.717) is 38.3 Å². The first kappa shape index (κ1) is 48.8. The van der Waals surface area contributed by atoms with Gasteiger partial charge in [-0.3, -0.25) is 19.6 Å². The Kier molecular flexibility index (Phi) is 22.8. The van der Waals surface area contributed by atoms with Crippen LogP contribution in [0.25, 0.3) is 0 Å². The van der Waals surface area contributed by atoms with Crippen molar-refractivity contribution in [1.29, 1.82) is 0 Å². The molecule has 0 bridgehead atoms. The standard InChI is InChI=1S/C50H82N4O8/c1-43(39-45-11-13-47(59-27-7-3-15-51-19-31-55-32-20-51)49(41-45)61-29-9-5-17-53-23-35-57-36-24-53)44(2)40-46-12-14-48(60-28-8-4-16-52-21-33-56-34-22-52)50(42-46)62-30-10-6-18-54-25-37-58-38-26-54/h11-14,41-44H,3-10,15-40H2,1-2H3/t43-,44+. The van der Waals surface area contributed by atoms with Crippen molar-refractivity contribution < 1.29 is 37.9 Å². The average molecular weight is 867 g/mol. The molecule has 4 fully saturated rings. The molecule has 2 aromatic carbocycles. The van der Waals surface area contributed by atoms with Gasteiger partial charge >= 0.3 is 0 Å². The Morgan fingerprint density at radius 1 is 0.387 bits per heavy atom. The van der Waals surface area contributed by atoms with Gasteiger partial charge in [-0.2, -0.15) is 0 Å². The molecule has 0 amide bonds. The van der Waals surface area contributed by atoms with Gasteiger partial charge in [-0.15, -0.1) is 0 Å². The molecule has 2 aromatic rings. The van der Waals surface area contributed by atoms with E-state index in [9.17, 15) is 0 Å². The molecule has 4 aliphatic heterocycles. The van der Waals surface area contributed by atoms with Gasteiger partial charge in [0, 0.05) is 52.4 Å². The zero-order chi connectivity index (χ0) is 42.9. The highest BCUT2D eigenvalue weighted by Gasteiger charge is 2.19. The molecule has 350 valence electrons. The number of hydrogen-bond donors (Lipinski definition) is 0. The molecule has 0 unspecified atom stereocenters. The van der Waals surface area contributed by atoms with Gasteiger partial charge in [0.15, 0.2) is 23.0 Å². The monoisotopic (exact) mass is 867 g/mol. The summed E-state index contributed by atoms with van der Waals surface area (Å²) in [5.41, 5.74) is 2.59. The lowest BCUT2D eigenvalue weighted by Crippen LogP contribution is -2.36. The van der Waals surface area contributed by atoms with Crippen LogP contribution < -0.4 is 18.9 Å². The molecule has 4 aliphatic rings. The largest absolute Gasteiger partial charge is 0.490 e. The second-order valence-electron chi connectivity index (χ2n) is 18.0. The molecule has 62 heavy (non-hydrogen) atoms. The summed E-state index contributed by atoms with van der Waals surface area (Å²) < 4.78 is 47.9. The quantitative estimate of drug-likeness (QED) is 0.0816. The molecule has 0 saturated carbocycles. The number of ether oxygens (including phenoxy) is 8. The third-order valence-electron chi connectivity index (χ3n) is 13.0. The van der Waals surface area contributed by atoms with E-state index in [4.69, 9.17) is 37.9 Å². The SMILES string of the molecule is C[C@H](Cc1ccc(OCCCCN2CCOCC2)c(OCCCCN2CCOCC2)c1)[C@@H](C)Cc1ccc(OCCCCN2CCOCC2)c(OCCCCN2CCOCC2)c1. The third kappa shape index (κ3) is 18.4. The van der Waals surface area contributed by atoms with Crippen molar-refractivity contribution in [3.8, 4) is 23.0 Å². The minimum Gasteiger partial charge on any atom is -0.490 e. The molecule has 0 N–H and O–H groups in total. The maximum absolute atomic E-state index is 6.50. The van der Waals surface area contributed by atoms with Crippen molar-refractivity contribution in [2.24, 2.45) is 11.8 Å². The Bertz CT molecular complexity index is 1370. The fourth-order valence-corrected chi connectivity index (χ4v) is 8.75. The summed E-state index contributed by atoms with van der Waals surface area (Å²) in [6, 6.07) is 13.3. The van der Waals surface area contributed by atoms with Gasteiger partial charge in [0.1, 0.15) is 0 Å². The molecule has 0 spiro atoms. The molecule has 2 atom stereocenters. The first-order valence-corrected chi connectivity index (χ1v) is 24.6. The van der Waals surface area contributed by atoms with E-state index in [1.165, 1.54) is 11.1 Å². The number of hydrogen-bond acceptors (Lipinski definition) is 12. The summed E-state index contributed by atoms with van der Waals surface area (Å²) >= 11 is 0. The van der Waals surface area contributed by atoms with Gasteiger partial charge in [0.25, 0.3) is 0 Å². The van der Waals surface area contributed by atoms with Crippen LogP contribution >= 0.6 is 0 Å². The molecule has 12 nitrogen and oxygen atoms in total. The molecular weight excluding hydrogens is 785 g/mol. The summed E-state index contributed by atoms with van der Waals surface area (Å²) in [5.74, 6) is 4.42. The zero-order valence-electron chi connectivity index (χ0n) is 38.7. The summed E-state index contributed by atoms with van der Waals surface area (Å²) in [7, 11) is 0. The topological polar surface area (TPSA) is 86.8 Å². The summed E-state index contributed by atoms with van der Waals surface area (Å²) in [4.78, 5) is 9.99. The minimum atomic E-state index is 0.468. The van der Waals surface area contributed by atoms with Crippen LogP contribution in [0.1, 0.15) is 76.3 Å². The lowest BCUT2D eigenvalue weighted by Gasteiger charge is -2.26. The van der Waals surface area contributed by atoms with Crippen LogP contribution in [0, 0.1) is 11.8 Å². The molecule has 6 rings (SSSR count). The van der Waals surface area contributed by atoms with Crippen LogP contribution in [0.2, 0.25) is 0 Å². The predicted octanol–water partition coefficient (Wildman–Crippen LogP) is 6.71. The van der Waals surface area contributed by atoms with Gasteiger partial charge in [-0.25, -0.2) is 0 Å². The normalized spacial score (nSPS) is 19.6. The molecular formula is C50H82N4O8. The van der Waals surface area contributed by atoms with Crippen molar-refractivity contribution in [2.75, 3.05) is 158 Å². The van der Waals surface area contributed by atoms with Crippen molar-refractivity contribution in [3.05, 3.63) is 47.5 Å². The van der Waals surface area contributed by atoms with Crippen molar-refractivity contribution in [2.45, 2.75) is 78.1 Å². The minimum absolute atomic E-state index is 0.468. The lowest BCUT2D eigenvalue weighted by molar-refractivity contribution is 0.0366. The van der Waals surface area contributed by atoms with Crippen LogP contribution in [-0.4, -0.2) is 177 Å². The fourth-order valence-electron chi connectivity index (χ4n) is 8.75. The molecule has 12 heteroatoms. The Labute approximate surface area is 374 Å². The predicted molar refractivity (Wildman–Crippen MR) is 247 cm³/mol. The number of benzene rings is 2. The summed E-state index contributed by atoms with van der Waals surface area (Å²) in [5, 5.41) is 0. The van der Waals surface area contributed by atoms with Crippen molar-refractivity contribution >= 4 is 0 Å². The first-order chi connectivity index (χ1) is 30.6. The Morgan fingerprint density at radius 3 is 0.952 bits per heavy atom. The van der Waals surface area contributed by atoms with Crippen LogP contribution in [0.15, 0.2) is 36.4 Å². The second-order valence-corrected chi connectivity index (χ2v) is 18.0. The third-order valence-corrected chi connectivity index (χ3v) is 13.0. The van der Waals surface area contributed by atoms with Crippen LogP contribution in [-0.2, 0) is 31.8 Å². The number of unbranched alkanes of at least 4 members (excludes halogenated alkanes) is 4. The van der Waals surface area contributed by atoms with E-state index in [1.807, 2.05) is 0 Å². The van der Waals surface area contributed by atoms with Gasteiger partial charge < -0.3 is 37.9 Å². The van der Waals surface area contributed by atoms with Gasteiger partial charge in [-0.05, 0) is 138 Å². The van der Waals surface area contributed by atoms with E-state index < -0.39 is 0 Å². The first-order valence-electron chi connectivity index (χ1n) is 24.6. The van der Waals surface area contributed by atoms with Crippen molar-refractivity contribution in [1.82, 2.24) is 19.6 Å². The maximum atomic E-state index is 6.50. The summed E-state index contributed by atoms with van der Waals surface area (Å²) in [6.07, 6.45) is 10.5. The molecule has 0 aromatic heterocycles. The zero-order valence-corrected chi connectivity index (χ0v) is 38.7. The number of nitrogens with zero attached hydrogens (tertiary/aromatic N) is 4. The van der Waals surface area contributed by atoms with E-state index >= 15 is 0 Å². The van der Waals surface area contributed by atoms with E-state index in [0.717, 1.165) is 219 Å². The molecule has 0 aliphatic carbocycles. The highest BCUT2D eigenvalue weighted by Crippen LogP contribution is 2.33. The fraction of sp³-hybridized carbons (Fsp3) is 0.760. The summed E-state index contributed by atoms with van der Waals surface area (Å²) in [6.45, 7) is 27.0. The van der Waals surface area contributed by atoms with Gasteiger partial charge in [0.2, 0.25) is 0 Å². The lowest BCUT2D eigenvalue weighted by atomic mass is 9.85. The number of morpholine rings is 4. The van der Waals surface area contributed by atoms with E-state index in [-0.39, 0.29) is 0 Å². The maximum Gasteiger partial charge on any atom is 0.161 e. The van der Waals surface area contributed by atoms with E-state index in [1.54, 1.807) is 0 Å². The molecule has 0 radical (unpaired) electrons. The van der Waals surface area contributed by atoms with Crippen LogP contribution in [0.4, 0.5) is 0 Å². The number of rotatable bonds is 29. The van der Waals surface area contributed by atoms with Gasteiger partial charge in [-0.1, -0.05) is 26.0 Å². The van der Waals surface area contributed by atoms with Crippen molar-refractivity contribution in [3.63, 3.8) is 0 Å². The molecule has 4 heterocycles. The van der Waals surface area contributed by atoms with Gasteiger partial charge in [0.05, 0.1) is 79.3 Å². The highest BCUT2D eigenvalue weighted by atomic mass is 16.5. The smallest absolute Gasteiger partial charge is 0.161 e. The Balaban J connectivity index is 1.000. The van der Waals surface area contributed by atoms with Crippen LogP contribution in [0.3, 0.4) is 0 Å². The van der Waals surface area contributed by atoms with E-state index in [2.05, 4.69) is 69.8 Å².